The number of aryl methyl sites for hydroxylation is 2. The van der Waals surface area contributed by atoms with Crippen LogP contribution in [0.2, 0.25) is 0 Å². The highest BCUT2D eigenvalue weighted by molar-refractivity contribution is 6.04. The van der Waals surface area contributed by atoms with Crippen LogP contribution >= 0.6 is 0 Å². The van der Waals surface area contributed by atoms with Gasteiger partial charge in [0.25, 0.3) is 5.91 Å². The van der Waals surface area contributed by atoms with Gasteiger partial charge in [0.15, 0.2) is 5.82 Å². The Kier molecular flexibility index (Phi) is 3.50. The second-order valence-corrected chi connectivity index (χ2v) is 4.00. The van der Waals surface area contributed by atoms with Gasteiger partial charge in [0.05, 0.1) is 16.9 Å². The van der Waals surface area contributed by atoms with Crippen molar-refractivity contribution in [2.75, 3.05) is 5.32 Å². The zero-order chi connectivity index (χ0) is 14.0. The minimum atomic E-state index is -1.30. The fraction of sp³-hybridized carbons (Fsp3) is 0.154. The lowest BCUT2D eigenvalue weighted by Crippen LogP contribution is -2.16. The third-order valence-corrected chi connectivity index (χ3v) is 2.56. The lowest BCUT2D eigenvalue weighted by atomic mass is 10.2. The van der Waals surface area contributed by atoms with Crippen LogP contribution in [0.3, 0.4) is 0 Å². The van der Waals surface area contributed by atoms with Crippen LogP contribution < -0.4 is 5.32 Å². The molecule has 2 aromatic rings. The number of nitrogens with one attached hydrogen (secondary N) is 1. The van der Waals surface area contributed by atoms with Crippen LogP contribution in [0.4, 0.5) is 14.5 Å². The Morgan fingerprint density at radius 2 is 1.95 bits per heavy atom. The van der Waals surface area contributed by atoms with Gasteiger partial charge in [-0.05, 0) is 32.0 Å². The van der Waals surface area contributed by atoms with Crippen LogP contribution in [0.1, 0.15) is 21.7 Å². The van der Waals surface area contributed by atoms with E-state index in [1.54, 1.807) is 19.1 Å². The number of carbonyl (C=O) groups excluding carboxylic acids is 1. The van der Waals surface area contributed by atoms with Gasteiger partial charge in [0.2, 0.25) is 5.95 Å². The van der Waals surface area contributed by atoms with Crippen molar-refractivity contribution in [3.63, 3.8) is 0 Å². The van der Waals surface area contributed by atoms with Gasteiger partial charge in [0.1, 0.15) is 0 Å². The quantitative estimate of drug-likeness (QED) is 0.847. The highest BCUT2D eigenvalue weighted by Gasteiger charge is 2.16. The van der Waals surface area contributed by atoms with E-state index in [2.05, 4.69) is 15.3 Å². The van der Waals surface area contributed by atoms with Crippen molar-refractivity contribution in [2.24, 2.45) is 0 Å². The van der Waals surface area contributed by atoms with E-state index >= 15 is 0 Å². The van der Waals surface area contributed by atoms with Crippen molar-refractivity contribution in [2.45, 2.75) is 13.8 Å². The van der Waals surface area contributed by atoms with E-state index in [0.29, 0.717) is 11.4 Å². The summed E-state index contributed by atoms with van der Waals surface area (Å²) in [7, 11) is 0. The predicted octanol–water partition coefficient (Wildman–Crippen LogP) is 2.62. The Morgan fingerprint density at radius 3 is 2.63 bits per heavy atom. The molecule has 0 aromatic carbocycles. The summed E-state index contributed by atoms with van der Waals surface area (Å²) in [6, 6.07) is 4.49. The molecular formula is C13H11F2N3O. The summed E-state index contributed by atoms with van der Waals surface area (Å²) in [5, 5.41) is 2.49. The van der Waals surface area contributed by atoms with Gasteiger partial charge in [0, 0.05) is 11.9 Å². The number of amides is 1. The third-order valence-electron chi connectivity index (χ3n) is 2.56. The van der Waals surface area contributed by atoms with E-state index in [0.717, 1.165) is 18.0 Å². The number of pyridine rings is 2. The largest absolute Gasteiger partial charge is 0.320 e. The molecule has 19 heavy (non-hydrogen) atoms. The molecule has 6 heteroatoms. The lowest BCUT2D eigenvalue weighted by molar-refractivity contribution is 0.102. The molecule has 0 aliphatic carbocycles. The number of hydrogen-bond acceptors (Lipinski definition) is 3. The molecule has 0 saturated carbocycles. The van der Waals surface area contributed by atoms with Crippen molar-refractivity contribution in [3.8, 4) is 0 Å². The zero-order valence-corrected chi connectivity index (χ0v) is 10.4. The number of hydrogen-bond donors (Lipinski definition) is 1. The normalized spacial score (nSPS) is 10.3. The second kappa shape index (κ2) is 5.09. The predicted molar refractivity (Wildman–Crippen MR) is 65.8 cm³/mol. The van der Waals surface area contributed by atoms with Crippen molar-refractivity contribution in [3.05, 3.63) is 53.1 Å². The van der Waals surface area contributed by atoms with Gasteiger partial charge in [-0.15, -0.1) is 0 Å². The van der Waals surface area contributed by atoms with Crippen molar-refractivity contribution < 1.29 is 13.6 Å². The molecule has 0 bridgehead atoms. The molecule has 2 heterocycles. The highest BCUT2D eigenvalue weighted by Crippen LogP contribution is 2.16. The summed E-state index contributed by atoms with van der Waals surface area (Å²) in [5.41, 5.74) is 1.46. The van der Waals surface area contributed by atoms with Gasteiger partial charge in [-0.3, -0.25) is 9.78 Å². The maximum atomic E-state index is 13.4. The van der Waals surface area contributed by atoms with Crippen LogP contribution in [0.25, 0.3) is 0 Å². The molecule has 0 aliphatic heterocycles. The number of anilines is 1. The Morgan fingerprint density at radius 1 is 1.21 bits per heavy atom. The molecule has 1 N–H and O–H groups in total. The third kappa shape index (κ3) is 2.73. The molecule has 0 spiro atoms. The average Bonchev–Trinajstić information content (AvgIpc) is 2.36. The fourth-order valence-electron chi connectivity index (χ4n) is 1.60. The first-order valence-electron chi connectivity index (χ1n) is 5.54. The summed E-state index contributed by atoms with van der Waals surface area (Å²) < 4.78 is 26.3. The molecule has 4 nitrogen and oxygen atoms in total. The highest BCUT2D eigenvalue weighted by atomic mass is 19.2. The van der Waals surface area contributed by atoms with E-state index in [-0.39, 0.29) is 0 Å². The molecule has 0 fully saturated rings. The Hall–Kier alpha value is -2.37. The van der Waals surface area contributed by atoms with Gasteiger partial charge >= 0.3 is 0 Å². The van der Waals surface area contributed by atoms with Crippen LogP contribution in [0.5, 0.6) is 0 Å². The smallest absolute Gasteiger partial charge is 0.258 e. The van der Waals surface area contributed by atoms with Crippen molar-refractivity contribution in [1.29, 1.82) is 0 Å². The second-order valence-electron chi connectivity index (χ2n) is 4.00. The molecule has 0 radical (unpaired) electrons. The maximum absolute atomic E-state index is 13.4. The fourth-order valence-corrected chi connectivity index (χ4v) is 1.60. The number of nitrogens with zero attached hydrogens (tertiary/aromatic N) is 2. The zero-order valence-electron chi connectivity index (χ0n) is 10.4. The van der Waals surface area contributed by atoms with Crippen LogP contribution in [0.15, 0.2) is 24.4 Å². The minimum absolute atomic E-state index is 0.396. The van der Waals surface area contributed by atoms with E-state index in [1.165, 1.54) is 0 Å². The number of carbonyl (C=O) groups is 1. The molecule has 0 unspecified atom stereocenters. The SMILES string of the molecule is Cc1ccc(NC(=O)c2ccnc(F)c2F)c(C)n1. The minimum Gasteiger partial charge on any atom is -0.320 e. The van der Waals surface area contributed by atoms with E-state index in [4.69, 9.17) is 0 Å². The van der Waals surface area contributed by atoms with Gasteiger partial charge in [-0.25, -0.2) is 9.37 Å². The summed E-state index contributed by atoms with van der Waals surface area (Å²) in [5.74, 6) is -3.31. The van der Waals surface area contributed by atoms with E-state index in [1.807, 2.05) is 6.92 Å². The molecule has 0 aliphatic rings. The first kappa shape index (κ1) is 13.1. The monoisotopic (exact) mass is 263 g/mol. The summed E-state index contributed by atoms with van der Waals surface area (Å²) >= 11 is 0. The Bertz CT molecular complexity index is 644. The molecular weight excluding hydrogens is 252 g/mol. The molecule has 0 saturated heterocycles. The number of rotatable bonds is 2. The summed E-state index contributed by atoms with van der Waals surface area (Å²) in [6.45, 7) is 3.53. The Labute approximate surface area is 108 Å². The van der Waals surface area contributed by atoms with Crippen molar-refractivity contribution in [1.82, 2.24) is 9.97 Å². The number of aromatic nitrogens is 2. The topological polar surface area (TPSA) is 54.9 Å². The summed E-state index contributed by atoms with van der Waals surface area (Å²) in [6.07, 6.45) is 1.04. The molecule has 98 valence electrons. The first-order chi connectivity index (χ1) is 8.99. The van der Waals surface area contributed by atoms with Crippen LogP contribution in [0, 0.1) is 25.6 Å². The van der Waals surface area contributed by atoms with Crippen LogP contribution in [-0.4, -0.2) is 15.9 Å². The van der Waals surface area contributed by atoms with Crippen LogP contribution in [-0.2, 0) is 0 Å². The number of halogens is 2. The van der Waals surface area contributed by atoms with E-state index < -0.39 is 23.2 Å². The van der Waals surface area contributed by atoms with Gasteiger partial charge < -0.3 is 5.32 Å². The summed E-state index contributed by atoms with van der Waals surface area (Å²) in [4.78, 5) is 19.1. The van der Waals surface area contributed by atoms with E-state index in [9.17, 15) is 13.6 Å². The Balaban J connectivity index is 2.28. The van der Waals surface area contributed by atoms with Gasteiger partial charge in [-0.1, -0.05) is 0 Å². The molecule has 2 aromatic heterocycles. The average molecular weight is 263 g/mol. The lowest BCUT2D eigenvalue weighted by Gasteiger charge is -2.08. The standard InChI is InChI=1S/C13H11F2N3O/c1-7-3-4-10(8(2)17-7)18-13(19)9-5-6-16-12(15)11(9)14/h3-6H,1-2H3,(H,18,19). The van der Waals surface area contributed by atoms with Crippen molar-refractivity contribution >= 4 is 11.6 Å². The molecule has 1 amide bonds. The first-order valence-corrected chi connectivity index (χ1v) is 5.54. The molecule has 0 atom stereocenters. The van der Waals surface area contributed by atoms with Gasteiger partial charge in [-0.2, -0.15) is 4.39 Å². The molecule has 2 rings (SSSR count). The maximum Gasteiger partial charge on any atom is 0.258 e.